The molecule has 0 aliphatic heterocycles. The largest absolute Gasteiger partial charge is 0.444 e. The molecule has 2 aliphatic rings. The van der Waals surface area contributed by atoms with E-state index in [0.717, 1.165) is 36.9 Å². The number of hydrogen-bond donors (Lipinski definition) is 3. The first-order valence-corrected chi connectivity index (χ1v) is 13.2. The number of rotatable bonds is 7. The molecule has 4 rings (SSSR count). The maximum atomic E-state index is 12.7. The van der Waals surface area contributed by atoms with Crippen LogP contribution in [0.2, 0.25) is 0 Å². The van der Waals surface area contributed by atoms with Crippen LogP contribution in [0.5, 0.6) is 0 Å². The standard InChI is InChI=1S/C29H35N7O3/c1-18(36(5)28(38)39-29(2,3)4)26(37)33-24-14-20(15-24)6-9-21-17-31-27(35-25(21)32-22-12-13-22)34-23-10-7-19(16-30)8-11-23/h7-8,10-11,17-18,20,22,24H,12-15H2,1-5H3,(H,33,37)(H2,31,32,34,35)/t18-,20-,24+/m0/s1. The van der Waals surface area contributed by atoms with Gasteiger partial charge in [0.2, 0.25) is 11.9 Å². The smallest absolute Gasteiger partial charge is 0.410 e. The van der Waals surface area contributed by atoms with Crippen LogP contribution in [0.1, 0.15) is 64.5 Å². The van der Waals surface area contributed by atoms with Crippen molar-refractivity contribution in [1.29, 1.82) is 5.26 Å². The Labute approximate surface area is 229 Å². The summed E-state index contributed by atoms with van der Waals surface area (Å²) in [5.41, 5.74) is 1.48. The van der Waals surface area contributed by atoms with Gasteiger partial charge in [-0.15, -0.1) is 0 Å². The highest BCUT2D eigenvalue weighted by molar-refractivity contribution is 5.85. The molecule has 2 aromatic rings. The van der Waals surface area contributed by atoms with Gasteiger partial charge >= 0.3 is 6.09 Å². The molecule has 10 heteroatoms. The van der Waals surface area contributed by atoms with Gasteiger partial charge in [0.25, 0.3) is 0 Å². The summed E-state index contributed by atoms with van der Waals surface area (Å²) < 4.78 is 5.35. The van der Waals surface area contributed by atoms with E-state index in [9.17, 15) is 9.59 Å². The Hall–Kier alpha value is -4.31. The minimum atomic E-state index is -0.644. The number of ether oxygens (including phenoxy) is 1. The number of nitrogens with one attached hydrogen (secondary N) is 3. The van der Waals surface area contributed by atoms with Crippen LogP contribution in [-0.4, -0.2) is 57.6 Å². The van der Waals surface area contributed by atoms with E-state index in [1.54, 1.807) is 53.1 Å². The lowest BCUT2D eigenvalue weighted by Crippen LogP contribution is -2.52. The highest BCUT2D eigenvalue weighted by Crippen LogP contribution is 2.29. The highest BCUT2D eigenvalue weighted by Gasteiger charge is 2.33. The predicted molar refractivity (Wildman–Crippen MR) is 148 cm³/mol. The van der Waals surface area contributed by atoms with Gasteiger partial charge in [0.15, 0.2) is 0 Å². The van der Waals surface area contributed by atoms with E-state index < -0.39 is 17.7 Å². The fourth-order valence-electron chi connectivity index (χ4n) is 3.84. The SMILES string of the molecule is C[C@@H](C(=O)N[C@H]1C[C@@H](C#Cc2cnc(Nc3ccc(C#N)cc3)nc2NC2CC2)C1)N(C)C(=O)OC(C)(C)C. The van der Waals surface area contributed by atoms with Crippen molar-refractivity contribution in [3.05, 3.63) is 41.6 Å². The van der Waals surface area contributed by atoms with Crippen LogP contribution in [0.4, 0.5) is 22.2 Å². The number of hydrogen-bond acceptors (Lipinski definition) is 8. The molecule has 2 fully saturated rings. The third-order valence-corrected chi connectivity index (χ3v) is 6.51. The van der Waals surface area contributed by atoms with Crippen molar-refractivity contribution in [1.82, 2.24) is 20.2 Å². The van der Waals surface area contributed by atoms with Gasteiger partial charge in [-0.1, -0.05) is 11.8 Å². The lowest BCUT2D eigenvalue weighted by Gasteiger charge is -2.34. The summed E-state index contributed by atoms with van der Waals surface area (Å²) in [7, 11) is 1.56. The van der Waals surface area contributed by atoms with Gasteiger partial charge in [-0.2, -0.15) is 10.2 Å². The van der Waals surface area contributed by atoms with Crippen LogP contribution < -0.4 is 16.0 Å². The van der Waals surface area contributed by atoms with E-state index in [0.29, 0.717) is 23.4 Å². The maximum absolute atomic E-state index is 12.7. The second kappa shape index (κ2) is 11.6. The summed E-state index contributed by atoms with van der Waals surface area (Å²) in [6.07, 6.45) is 4.86. The van der Waals surface area contributed by atoms with Gasteiger partial charge < -0.3 is 20.7 Å². The van der Waals surface area contributed by atoms with Crippen LogP contribution in [-0.2, 0) is 9.53 Å². The minimum Gasteiger partial charge on any atom is -0.444 e. The van der Waals surface area contributed by atoms with Crippen LogP contribution in [0.3, 0.4) is 0 Å². The van der Waals surface area contributed by atoms with Crippen molar-refractivity contribution in [3.8, 4) is 17.9 Å². The molecule has 204 valence electrons. The van der Waals surface area contributed by atoms with Crippen LogP contribution >= 0.6 is 0 Å². The molecular formula is C29H35N7O3. The van der Waals surface area contributed by atoms with Crippen LogP contribution in [0.15, 0.2) is 30.5 Å². The van der Waals surface area contributed by atoms with Gasteiger partial charge in [-0.25, -0.2) is 9.78 Å². The Morgan fingerprint density at radius 3 is 2.46 bits per heavy atom. The van der Waals surface area contributed by atoms with Crippen molar-refractivity contribution in [2.24, 2.45) is 5.92 Å². The van der Waals surface area contributed by atoms with E-state index in [4.69, 9.17) is 10.00 Å². The number of anilines is 3. The molecule has 2 amide bonds. The minimum absolute atomic E-state index is 0.0191. The monoisotopic (exact) mass is 529 g/mol. The quantitative estimate of drug-likeness (QED) is 0.456. The average Bonchev–Trinajstić information content (AvgIpc) is 3.68. The number of carbonyl (C=O) groups excluding carboxylic acids is 2. The summed E-state index contributed by atoms with van der Waals surface area (Å²) >= 11 is 0. The van der Waals surface area contributed by atoms with Crippen LogP contribution in [0.25, 0.3) is 0 Å². The molecule has 0 saturated heterocycles. The van der Waals surface area contributed by atoms with Crippen LogP contribution in [0, 0.1) is 29.1 Å². The first-order valence-electron chi connectivity index (χ1n) is 13.2. The molecule has 0 spiro atoms. The van der Waals surface area contributed by atoms with Gasteiger partial charge in [-0.3, -0.25) is 9.69 Å². The Balaban J connectivity index is 1.32. The first kappa shape index (κ1) is 27.7. The normalized spacial score (nSPS) is 18.8. The third kappa shape index (κ3) is 7.84. The summed E-state index contributed by atoms with van der Waals surface area (Å²) in [6.45, 7) is 7.06. The number of carbonyl (C=O) groups is 2. The summed E-state index contributed by atoms with van der Waals surface area (Å²) in [5, 5.41) is 18.6. The third-order valence-electron chi connectivity index (χ3n) is 6.51. The predicted octanol–water partition coefficient (Wildman–Crippen LogP) is 4.17. The molecule has 0 bridgehead atoms. The van der Waals surface area contributed by atoms with E-state index in [1.807, 2.05) is 12.1 Å². The molecule has 0 radical (unpaired) electrons. The van der Waals surface area contributed by atoms with Crippen molar-refractivity contribution >= 4 is 29.5 Å². The van der Waals surface area contributed by atoms with E-state index >= 15 is 0 Å². The first-order chi connectivity index (χ1) is 18.5. The zero-order valence-electron chi connectivity index (χ0n) is 23.0. The topological polar surface area (TPSA) is 132 Å². The molecule has 10 nitrogen and oxygen atoms in total. The van der Waals surface area contributed by atoms with Gasteiger partial charge in [0, 0.05) is 30.7 Å². The van der Waals surface area contributed by atoms with Crippen molar-refractivity contribution in [2.45, 2.75) is 77.1 Å². The molecule has 2 saturated carbocycles. The number of nitrogens with zero attached hydrogens (tertiary/aromatic N) is 4. The molecule has 3 N–H and O–H groups in total. The summed E-state index contributed by atoms with van der Waals surface area (Å²) in [4.78, 5) is 35.3. The number of likely N-dealkylation sites (N-methyl/N-ethyl adjacent to an activating group) is 1. The molecule has 0 unspecified atom stereocenters. The van der Waals surface area contributed by atoms with Crippen molar-refractivity contribution < 1.29 is 14.3 Å². The molecule has 2 aliphatic carbocycles. The molecule has 1 aromatic carbocycles. The summed E-state index contributed by atoms with van der Waals surface area (Å²) in [5.74, 6) is 7.60. The van der Waals surface area contributed by atoms with E-state index in [-0.39, 0.29) is 17.9 Å². The number of amides is 2. The number of benzene rings is 1. The Kier molecular flexibility index (Phi) is 8.25. The lowest BCUT2D eigenvalue weighted by molar-refractivity contribution is -0.126. The Morgan fingerprint density at radius 2 is 1.85 bits per heavy atom. The van der Waals surface area contributed by atoms with Crippen molar-refractivity contribution in [2.75, 3.05) is 17.7 Å². The lowest BCUT2D eigenvalue weighted by atomic mass is 9.80. The Bertz CT molecular complexity index is 1310. The summed E-state index contributed by atoms with van der Waals surface area (Å²) in [6, 6.07) is 8.97. The van der Waals surface area contributed by atoms with E-state index in [1.165, 1.54) is 4.90 Å². The second-order valence-electron chi connectivity index (χ2n) is 11.1. The maximum Gasteiger partial charge on any atom is 0.410 e. The molecule has 1 atom stereocenters. The van der Waals surface area contributed by atoms with E-state index in [2.05, 4.69) is 43.8 Å². The zero-order chi connectivity index (χ0) is 28.2. The van der Waals surface area contributed by atoms with Gasteiger partial charge in [0.1, 0.15) is 17.5 Å². The number of nitriles is 1. The molecule has 39 heavy (non-hydrogen) atoms. The van der Waals surface area contributed by atoms with Gasteiger partial charge in [-0.05, 0) is 77.6 Å². The number of aromatic nitrogens is 2. The van der Waals surface area contributed by atoms with Gasteiger partial charge in [0.05, 0.1) is 23.4 Å². The fraction of sp³-hybridized carbons (Fsp3) is 0.483. The molecule has 1 aromatic heterocycles. The molecule has 1 heterocycles. The average molecular weight is 530 g/mol. The zero-order valence-corrected chi connectivity index (χ0v) is 23.0. The van der Waals surface area contributed by atoms with Crippen molar-refractivity contribution in [3.63, 3.8) is 0 Å². The second-order valence-corrected chi connectivity index (χ2v) is 11.1. The fourth-order valence-corrected chi connectivity index (χ4v) is 3.84. The molecular weight excluding hydrogens is 494 g/mol. The Morgan fingerprint density at radius 1 is 1.15 bits per heavy atom. The highest BCUT2D eigenvalue weighted by atomic mass is 16.6.